The van der Waals surface area contributed by atoms with Crippen molar-refractivity contribution in [3.8, 4) is 0 Å². The van der Waals surface area contributed by atoms with Crippen LogP contribution in [0.4, 0.5) is 0 Å². The Morgan fingerprint density at radius 1 is 0.391 bits per heavy atom. The van der Waals surface area contributed by atoms with Crippen LogP contribution >= 0.6 is 11.3 Å². The average molecular weight is 887 g/mol. The van der Waals surface area contributed by atoms with Gasteiger partial charge in [-0.15, -0.1) is 11.3 Å². The van der Waals surface area contributed by atoms with Crippen molar-refractivity contribution in [1.29, 1.82) is 0 Å². The van der Waals surface area contributed by atoms with Gasteiger partial charge < -0.3 is 0 Å². The molecule has 0 radical (unpaired) electrons. The van der Waals surface area contributed by atoms with E-state index in [0.29, 0.717) is 47.5 Å². The Kier molecular flexibility index (Phi) is 29.1. The second-order valence-electron chi connectivity index (χ2n) is 17.4. The maximum absolute atomic E-state index is 4.25. The number of aromatic nitrogens is 10. The normalized spacial score (nSPS) is 10.4. The van der Waals surface area contributed by atoms with Gasteiger partial charge in [0.1, 0.15) is 12.7 Å². The minimum absolute atomic E-state index is 0.475. The first-order chi connectivity index (χ1) is 30.4. The van der Waals surface area contributed by atoms with Gasteiger partial charge in [-0.3, -0.25) is 19.6 Å². The van der Waals surface area contributed by atoms with Gasteiger partial charge >= 0.3 is 0 Å². The molecule has 0 spiro atoms. The Bertz CT molecular complexity index is 1790. The Balaban J connectivity index is 0.000000374. The van der Waals surface area contributed by atoms with Crippen LogP contribution in [0.2, 0.25) is 0 Å². The minimum Gasteiger partial charge on any atom is -0.270 e. The molecular weight excluding hydrogens is 809 g/mol. The number of hydrogen-bond donors (Lipinski definition) is 0. The number of pyridine rings is 3. The number of rotatable bonds is 8. The number of hydrogen-bond acceptors (Lipinski definition) is 10. The summed E-state index contributed by atoms with van der Waals surface area (Å²) in [7, 11) is 0. The molecule has 0 unspecified atom stereocenters. The van der Waals surface area contributed by atoms with Crippen molar-refractivity contribution in [3.63, 3.8) is 0 Å². The highest BCUT2D eigenvalue weighted by Gasteiger charge is 2.04. The SMILES string of the molecule is CC(C)c1ccccn1.CC(C)c1cccnc1.CC(C)c1ccncc1.CC(C)c1ccncn1.CC(C)c1cncnc1.CC(C)c1cnn(C(C)C)c1.CC(C)c1nccs1. The Morgan fingerprint density at radius 3 is 1.28 bits per heavy atom. The summed E-state index contributed by atoms with van der Waals surface area (Å²) in [6.07, 6.45) is 23.7. The number of nitrogens with zero attached hydrogens (tertiary/aromatic N) is 10. The van der Waals surface area contributed by atoms with Crippen LogP contribution in [-0.2, 0) is 0 Å². The molecule has 11 heteroatoms. The molecule has 0 aromatic carbocycles. The molecule has 346 valence electrons. The van der Waals surface area contributed by atoms with Crippen molar-refractivity contribution in [1.82, 2.24) is 49.7 Å². The maximum Gasteiger partial charge on any atom is 0.115 e. The van der Waals surface area contributed by atoms with Crippen LogP contribution in [0.1, 0.15) is 197 Å². The first-order valence-corrected chi connectivity index (χ1v) is 23.5. The maximum atomic E-state index is 4.25. The molecule has 0 atom stereocenters. The summed E-state index contributed by atoms with van der Waals surface area (Å²) in [5.74, 6) is 3.98. The van der Waals surface area contributed by atoms with Crippen molar-refractivity contribution in [3.05, 3.63) is 173 Å². The summed E-state index contributed by atoms with van der Waals surface area (Å²) in [5, 5.41) is 7.49. The smallest absolute Gasteiger partial charge is 0.115 e. The fourth-order valence-electron chi connectivity index (χ4n) is 4.89. The van der Waals surface area contributed by atoms with E-state index in [9.17, 15) is 0 Å². The van der Waals surface area contributed by atoms with E-state index in [1.807, 2.05) is 102 Å². The lowest BCUT2D eigenvalue weighted by molar-refractivity contribution is 0.531. The molecule has 0 amide bonds. The zero-order valence-electron chi connectivity index (χ0n) is 41.7. The van der Waals surface area contributed by atoms with Crippen LogP contribution in [0, 0.1) is 0 Å². The van der Waals surface area contributed by atoms with Crippen LogP contribution in [0.15, 0.2) is 135 Å². The minimum atomic E-state index is 0.475. The molecule has 0 fully saturated rings. The van der Waals surface area contributed by atoms with Gasteiger partial charge in [-0.05, 0) is 108 Å². The molecule has 0 aliphatic rings. The second-order valence-corrected chi connectivity index (χ2v) is 18.4. The van der Waals surface area contributed by atoms with Crippen molar-refractivity contribution in [2.45, 2.75) is 158 Å². The second kappa shape index (κ2) is 33.0. The van der Waals surface area contributed by atoms with E-state index in [1.165, 1.54) is 27.3 Å². The lowest BCUT2D eigenvalue weighted by atomic mass is 10.1. The van der Waals surface area contributed by atoms with Gasteiger partial charge in [0.05, 0.1) is 11.2 Å². The van der Waals surface area contributed by atoms with Gasteiger partial charge in [0, 0.05) is 90.7 Å². The molecule has 0 bridgehead atoms. The zero-order valence-corrected chi connectivity index (χ0v) is 42.5. The molecule has 7 rings (SSSR count). The molecule has 7 aromatic heterocycles. The summed E-state index contributed by atoms with van der Waals surface area (Å²) < 4.78 is 2.00. The fourth-order valence-corrected chi connectivity index (χ4v) is 5.54. The molecule has 64 heavy (non-hydrogen) atoms. The molecule has 0 aliphatic heterocycles. The first-order valence-electron chi connectivity index (χ1n) is 22.6. The van der Waals surface area contributed by atoms with E-state index in [0.717, 1.165) is 11.4 Å². The summed E-state index contributed by atoms with van der Waals surface area (Å²) in [4.78, 5) is 31.9. The quantitative estimate of drug-likeness (QED) is 0.147. The van der Waals surface area contributed by atoms with E-state index in [2.05, 4.69) is 168 Å². The Hall–Kier alpha value is -5.55. The topological polar surface area (TPSA) is 121 Å². The summed E-state index contributed by atoms with van der Waals surface area (Å²) >= 11 is 1.72. The predicted molar refractivity (Wildman–Crippen MR) is 270 cm³/mol. The predicted octanol–water partition coefficient (Wildman–Crippen LogP) is 14.7. The standard InChI is InChI=1S/C9H16N2.3C8H11N.2C7H10N2.C6H9NS/c1-7(2)9-5-10-11(6-9)8(3)4;1-7(2)8-3-5-9-6-4-8;1-7(2)8-4-3-5-9-6-8;1-7(2)8-5-3-4-6-9-8;1-6(2)7-3-8-5-9-4-7;1-6(2)7-3-4-8-5-9-7;1-5(2)6-7-3-4-8-6/h5-8H,1-4H3;3*3-7H,1-2H3;2*3-6H,1-2H3;3-5H,1-2H3. The van der Waals surface area contributed by atoms with Crippen LogP contribution < -0.4 is 0 Å². The molecule has 0 N–H and O–H groups in total. The van der Waals surface area contributed by atoms with Gasteiger partial charge in [-0.25, -0.2) is 24.9 Å². The van der Waals surface area contributed by atoms with Gasteiger partial charge in [-0.2, -0.15) is 5.10 Å². The monoisotopic (exact) mass is 887 g/mol. The molecular formula is C53H78N10S. The van der Waals surface area contributed by atoms with Crippen molar-refractivity contribution in [2.24, 2.45) is 0 Å². The van der Waals surface area contributed by atoms with Crippen molar-refractivity contribution < 1.29 is 0 Å². The average Bonchev–Trinajstić information content (AvgIpc) is 4.04. The summed E-state index contributed by atoms with van der Waals surface area (Å²) in [5.41, 5.74) is 7.43. The third-order valence-electron chi connectivity index (χ3n) is 9.21. The van der Waals surface area contributed by atoms with Gasteiger partial charge in [-0.1, -0.05) is 109 Å². The molecule has 0 aliphatic carbocycles. The van der Waals surface area contributed by atoms with Gasteiger partial charge in [0.15, 0.2) is 0 Å². The number of thiazole rings is 1. The zero-order chi connectivity index (χ0) is 47.9. The van der Waals surface area contributed by atoms with Crippen molar-refractivity contribution in [2.75, 3.05) is 0 Å². The molecule has 7 aromatic rings. The highest BCUT2D eigenvalue weighted by molar-refractivity contribution is 7.09. The van der Waals surface area contributed by atoms with E-state index < -0.39 is 0 Å². The van der Waals surface area contributed by atoms with E-state index >= 15 is 0 Å². The van der Waals surface area contributed by atoms with E-state index in [4.69, 9.17) is 0 Å². The first kappa shape index (κ1) is 56.5. The van der Waals surface area contributed by atoms with Gasteiger partial charge in [0.2, 0.25) is 0 Å². The lowest BCUT2D eigenvalue weighted by Gasteiger charge is -2.03. The molecule has 10 nitrogen and oxygen atoms in total. The van der Waals surface area contributed by atoms with E-state index in [-0.39, 0.29) is 0 Å². The Morgan fingerprint density at radius 2 is 0.969 bits per heavy atom. The largest absolute Gasteiger partial charge is 0.270 e. The lowest BCUT2D eigenvalue weighted by Crippen LogP contribution is -1.99. The highest BCUT2D eigenvalue weighted by Crippen LogP contribution is 2.16. The van der Waals surface area contributed by atoms with Crippen LogP contribution in [0.25, 0.3) is 0 Å². The third-order valence-corrected chi connectivity index (χ3v) is 10.3. The fraction of sp³-hybridized carbons (Fsp3) is 0.453. The molecule has 0 saturated heterocycles. The summed E-state index contributed by atoms with van der Waals surface area (Å²) in [6, 6.07) is 16.6. The van der Waals surface area contributed by atoms with Gasteiger partial charge in [0.25, 0.3) is 0 Å². The molecule has 7 heterocycles. The van der Waals surface area contributed by atoms with E-state index in [1.54, 1.807) is 36.4 Å². The van der Waals surface area contributed by atoms with Crippen LogP contribution in [-0.4, -0.2) is 49.7 Å². The summed E-state index contributed by atoms with van der Waals surface area (Å²) in [6.45, 7) is 34.4. The molecule has 0 saturated carbocycles. The Labute approximate surface area is 391 Å². The van der Waals surface area contributed by atoms with Crippen LogP contribution in [0.5, 0.6) is 0 Å². The van der Waals surface area contributed by atoms with Crippen molar-refractivity contribution >= 4 is 11.3 Å². The van der Waals surface area contributed by atoms with Crippen LogP contribution in [0.3, 0.4) is 0 Å². The third kappa shape index (κ3) is 25.5. The highest BCUT2D eigenvalue weighted by atomic mass is 32.1.